The molecule has 2 aliphatic rings. The second kappa shape index (κ2) is 8.81. The van der Waals surface area contributed by atoms with Crippen molar-refractivity contribution < 1.29 is 8.42 Å². The number of hydrogen-bond acceptors (Lipinski definition) is 6. The smallest absolute Gasteiger partial charge is 0.261 e. The van der Waals surface area contributed by atoms with Gasteiger partial charge in [0.05, 0.1) is 28.9 Å². The molecule has 5 rings (SSSR count). The van der Waals surface area contributed by atoms with Gasteiger partial charge in [-0.05, 0) is 75.8 Å². The van der Waals surface area contributed by atoms with E-state index in [1.165, 1.54) is 0 Å². The molecule has 0 radical (unpaired) electrons. The molecule has 2 fully saturated rings. The van der Waals surface area contributed by atoms with Gasteiger partial charge in [-0.2, -0.15) is 14.7 Å². The van der Waals surface area contributed by atoms with Gasteiger partial charge in [0.15, 0.2) is 5.82 Å². The van der Waals surface area contributed by atoms with E-state index in [9.17, 15) is 18.5 Å². The first-order valence-corrected chi connectivity index (χ1v) is 13.5. The lowest BCUT2D eigenvalue weighted by atomic mass is 9.93. The van der Waals surface area contributed by atoms with Crippen molar-refractivity contribution >= 4 is 32.4 Å². The minimum Gasteiger partial charge on any atom is -0.338 e. The van der Waals surface area contributed by atoms with Gasteiger partial charge in [-0.25, -0.2) is 8.42 Å². The molecule has 2 aromatic heterocycles. The first kappa shape index (κ1) is 23.6. The van der Waals surface area contributed by atoms with Crippen LogP contribution in [0.25, 0.3) is 10.9 Å². The molecular weight excluding hydrogens is 464 g/mol. The van der Waals surface area contributed by atoms with Crippen molar-refractivity contribution in [3.63, 3.8) is 0 Å². The Morgan fingerprint density at radius 3 is 2.63 bits per heavy atom. The highest BCUT2D eigenvalue weighted by Gasteiger charge is 2.39. The summed E-state index contributed by atoms with van der Waals surface area (Å²) < 4.78 is 30.0. The number of benzene rings is 1. The maximum absolute atomic E-state index is 13.3. The van der Waals surface area contributed by atoms with Gasteiger partial charge in [0, 0.05) is 24.0 Å². The minimum atomic E-state index is -3.62. The standard InChI is InChI=1S/C25H30N6O3S/c1-25(2)13-3-4-16-30(25)35(33,34)19-9-7-18(8-10-19)28-23-22-21(12-15-27-24(22)32)31(29-23)20(11-14-26)17-5-6-17/h7-10,12,15,17,20H,3-6,11,13,16H2,1-2H3,(H,27,32)(H,28,29). The highest BCUT2D eigenvalue weighted by molar-refractivity contribution is 7.89. The molecule has 1 atom stereocenters. The number of nitrogens with one attached hydrogen (secondary N) is 2. The van der Waals surface area contributed by atoms with Crippen LogP contribution in [0, 0.1) is 17.2 Å². The third kappa shape index (κ3) is 4.34. The summed E-state index contributed by atoms with van der Waals surface area (Å²) in [6.07, 6.45) is 6.73. The summed E-state index contributed by atoms with van der Waals surface area (Å²) in [5.41, 5.74) is 0.617. The summed E-state index contributed by atoms with van der Waals surface area (Å²) in [5.74, 6) is 0.770. The summed E-state index contributed by atoms with van der Waals surface area (Å²) in [4.78, 5) is 15.6. The molecule has 1 saturated carbocycles. The zero-order valence-electron chi connectivity index (χ0n) is 20.0. The molecule has 0 amide bonds. The Labute approximate surface area is 204 Å². The molecule has 1 aromatic carbocycles. The van der Waals surface area contributed by atoms with Gasteiger partial charge in [0.25, 0.3) is 5.56 Å². The molecule has 35 heavy (non-hydrogen) atoms. The van der Waals surface area contributed by atoms with Crippen LogP contribution in [0.5, 0.6) is 0 Å². The molecule has 1 unspecified atom stereocenters. The maximum Gasteiger partial charge on any atom is 0.261 e. The number of hydrogen-bond donors (Lipinski definition) is 2. The first-order valence-electron chi connectivity index (χ1n) is 12.1. The molecule has 1 aliphatic carbocycles. The van der Waals surface area contributed by atoms with Crippen molar-refractivity contribution in [2.75, 3.05) is 11.9 Å². The number of sulfonamides is 1. The maximum atomic E-state index is 13.3. The Balaban J connectivity index is 1.46. The Hall–Kier alpha value is -3.16. The second-order valence-corrected chi connectivity index (χ2v) is 12.0. The lowest BCUT2D eigenvalue weighted by Gasteiger charge is -2.41. The summed E-state index contributed by atoms with van der Waals surface area (Å²) in [7, 11) is -3.62. The molecule has 10 heteroatoms. The Kier molecular flexibility index (Phi) is 5.93. The largest absolute Gasteiger partial charge is 0.338 e. The van der Waals surface area contributed by atoms with Gasteiger partial charge in [-0.15, -0.1) is 0 Å². The van der Waals surface area contributed by atoms with E-state index in [1.54, 1.807) is 45.5 Å². The molecule has 0 spiro atoms. The fourth-order valence-corrected chi connectivity index (χ4v) is 6.97. The van der Waals surface area contributed by atoms with E-state index in [0.717, 1.165) is 32.1 Å². The quantitative estimate of drug-likeness (QED) is 0.505. The number of fused-ring (bicyclic) bond motifs is 1. The summed E-state index contributed by atoms with van der Waals surface area (Å²) in [6.45, 7) is 4.46. The van der Waals surface area contributed by atoms with Crippen LogP contribution < -0.4 is 10.9 Å². The van der Waals surface area contributed by atoms with E-state index < -0.39 is 15.6 Å². The van der Waals surface area contributed by atoms with Crippen molar-refractivity contribution in [3.8, 4) is 6.07 Å². The number of anilines is 2. The fourth-order valence-electron chi connectivity index (χ4n) is 5.13. The van der Waals surface area contributed by atoms with E-state index in [1.807, 2.05) is 13.8 Å². The zero-order valence-corrected chi connectivity index (χ0v) is 20.8. The third-order valence-electron chi connectivity index (χ3n) is 7.19. The topological polar surface area (TPSA) is 124 Å². The lowest BCUT2D eigenvalue weighted by molar-refractivity contribution is 0.170. The van der Waals surface area contributed by atoms with E-state index in [4.69, 9.17) is 5.10 Å². The zero-order chi connectivity index (χ0) is 24.8. The van der Waals surface area contributed by atoms with Crippen LogP contribution in [0.3, 0.4) is 0 Å². The molecule has 3 aromatic rings. The van der Waals surface area contributed by atoms with Crippen molar-refractivity contribution in [1.82, 2.24) is 19.1 Å². The van der Waals surface area contributed by atoms with Crippen LogP contribution in [0.4, 0.5) is 11.5 Å². The molecule has 1 aliphatic heterocycles. The van der Waals surface area contributed by atoms with Crippen LogP contribution >= 0.6 is 0 Å². The van der Waals surface area contributed by atoms with E-state index in [-0.39, 0.29) is 16.5 Å². The molecule has 1 saturated heterocycles. The number of rotatable bonds is 7. The second-order valence-electron chi connectivity index (χ2n) is 10.1. The average Bonchev–Trinajstić information content (AvgIpc) is 3.59. The first-order chi connectivity index (χ1) is 16.7. The van der Waals surface area contributed by atoms with E-state index >= 15 is 0 Å². The van der Waals surface area contributed by atoms with Gasteiger partial charge in [-0.3, -0.25) is 9.48 Å². The number of piperidine rings is 1. The fraction of sp³-hybridized carbons (Fsp3) is 0.480. The molecule has 2 N–H and O–H groups in total. The molecule has 9 nitrogen and oxygen atoms in total. The normalized spacial score (nSPS) is 19.3. The predicted octanol–water partition coefficient (Wildman–Crippen LogP) is 4.29. The molecular formula is C25H30N6O3S. The van der Waals surface area contributed by atoms with Crippen molar-refractivity contribution in [2.45, 2.75) is 68.8 Å². The molecule has 184 valence electrons. The Morgan fingerprint density at radius 1 is 1.23 bits per heavy atom. The van der Waals surface area contributed by atoms with Crippen LogP contribution in [-0.2, 0) is 10.0 Å². The lowest BCUT2D eigenvalue weighted by Crippen LogP contribution is -2.50. The summed E-state index contributed by atoms with van der Waals surface area (Å²) >= 11 is 0. The Morgan fingerprint density at radius 2 is 1.97 bits per heavy atom. The minimum absolute atomic E-state index is 0.0831. The van der Waals surface area contributed by atoms with Crippen LogP contribution in [0.15, 0.2) is 46.2 Å². The number of H-pyrrole nitrogens is 1. The van der Waals surface area contributed by atoms with Gasteiger partial charge in [0.2, 0.25) is 10.0 Å². The number of aromatic amines is 1. The third-order valence-corrected chi connectivity index (χ3v) is 9.32. The molecule has 3 heterocycles. The number of pyridine rings is 1. The highest BCUT2D eigenvalue weighted by atomic mass is 32.2. The summed E-state index contributed by atoms with van der Waals surface area (Å²) in [5, 5.41) is 17.6. The van der Waals surface area contributed by atoms with E-state index in [2.05, 4.69) is 16.4 Å². The number of nitriles is 1. The van der Waals surface area contributed by atoms with Crippen molar-refractivity contribution in [1.29, 1.82) is 5.26 Å². The summed E-state index contributed by atoms with van der Waals surface area (Å²) in [6, 6.07) is 10.5. The van der Waals surface area contributed by atoms with E-state index in [0.29, 0.717) is 41.3 Å². The van der Waals surface area contributed by atoms with Gasteiger partial charge in [-0.1, -0.05) is 6.42 Å². The monoisotopic (exact) mass is 494 g/mol. The van der Waals surface area contributed by atoms with Crippen molar-refractivity contribution in [2.24, 2.45) is 5.92 Å². The van der Waals surface area contributed by atoms with Gasteiger partial charge >= 0.3 is 0 Å². The van der Waals surface area contributed by atoms with Crippen molar-refractivity contribution in [3.05, 3.63) is 46.9 Å². The van der Waals surface area contributed by atoms with Gasteiger partial charge in [0.1, 0.15) is 5.39 Å². The Bertz CT molecular complexity index is 1450. The molecule has 0 bridgehead atoms. The van der Waals surface area contributed by atoms with Crippen LogP contribution in [-0.4, -0.2) is 39.6 Å². The highest BCUT2D eigenvalue weighted by Crippen LogP contribution is 2.43. The SMILES string of the molecule is CC1(C)CCCCN1S(=O)(=O)c1ccc(Nc2nn(C(CC#N)C3CC3)c3cc[nH]c(=O)c23)cc1. The predicted molar refractivity (Wildman–Crippen MR) is 134 cm³/mol. The van der Waals surface area contributed by atoms with Crippen LogP contribution in [0.1, 0.15) is 58.4 Å². The van der Waals surface area contributed by atoms with Crippen LogP contribution in [0.2, 0.25) is 0 Å². The number of aromatic nitrogens is 3. The van der Waals surface area contributed by atoms with Gasteiger partial charge < -0.3 is 10.3 Å². The number of nitrogens with zero attached hydrogens (tertiary/aromatic N) is 4. The average molecular weight is 495 g/mol.